The number of fused-ring (bicyclic) bond motifs is 4. The van der Waals surface area contributed by atoms with Crippen LogP contribution in [-0.2, 0) is 0 Å². The first-order valence-corrected chi connectivity index (χ1v) is 10.8. The summed E-state index contributed by atoms with van der Waals surface area (Å²) in [7, 11) is 0. The smallest absolute Gasteiger partial charge is 0.251 e. The van der Waals surface area contributed by atoms with Gasteiger partial charge in [0.1, 0.15) is 0 Å². The molecule has 2 aromatic carbocycles. The van der Waals surface area contributed by atoms with Crippen LogP contribution in [0.4, 0.5) is 0 Å². The molecule has 3 aromatic rings. The lowest BCUT2D eigenvalue weighted by Gasteiger charge is -2.51. The number of para-hydroxylation sites is 1. The molecular formula is C26H27N3O. The molecule has 3 saturated heterocycles. The van der Waals surface area contributed by atoms with Crippen LogP contribution in [0.15, 0.2) is 79.5 Å². The van der Waals surface area contributed by atoms with E-state index in [-0.39, 0.29) is 18.0 Å². The van der Waals surface area contributed by atoms with Crippen LogP contribution in [-0.4, -0.2) is 34.9 Å². The van der Waals surface area contributed by atoms with Crippen LogP contribution in [0.3, 0.4) is 0 Å². The first kappa shape index (κ1) is 19.0. The monoisotopic (exact) mass is 397 g/mol. The number of carbonyl (C=O) groups excluding carboxylic acids is 1. The quantitative estimate of drug-likeness (QED) is 0.640. The average molecular weight is 398 g/mol. The van der Waals surface area contributed by atoms with E-state index in [2.05, 4.69) is 40.0 Å². The molecule has 2 bridgehead atoms. The molecule has 3 aliphatic heterocycles. The minimum Gasteiger partial charge on any atom is -0.344 e. The Kier molecular flexibility index (Phi) is 5.09. The molecule has 152 valence electrons. The van der Waals surface area contributed by atoms with Gasteiger partial charge in [-0.1, -0.05) is 42.5 Å². The summed E-state index contributed by atoms with van der Waals surface area (Å²) in [4.78, 5) is 20.3. The Labute approximate surface area is 177 Å². The van der Waals surface area contributed by atoms with Crippen molar-refractivity contribution in [1.29, 1.82) is 0 Å². The Hall–Kier alpha value is -2.98. The number of pyridine rings is 1. The second-order valence-electron chi connectivity index (χ2n) is 8.48. The Morgan fingerprint density at radius 1 is 1.13 bits per heavy atom. The zero-order chi connectivity index (χ0) is 20.5. The summed E-state index contributed by atoms with van der Waals surface area (Å²) < 4.78 is 0. The van der Waals surface area contributed by atoms with Crippen molar-refractivity contribution in [2.45, 2.75) is 24.9 Å². The first-order valence-electron chi connectivity index (χ1n) is 10.8. The maximum Gasteiger partial charge on any atom is 0.251 e. The van der Waals surface area contributed by atoms with Gasteiger partial charge in [-0.3, -0.25) is 14.7 Å². The summed E-state index contributed by atoms with van der Waals surface area (Å²) in [5.74, 6) is 1.17. The maximum absolute atomic E-state index is 13.2. The lowest BCUT2D eigenvalue weighted by Crippen LogP contribution is -2.57. The summed E-state index contributed by atoms with van der Waals surface area (Å²) in [5, 5.41) is 4.51. The number of aromatic nitrogens is 1. The first-order chi connectivity index (χ1) is 14.7. The minimum absolute atomic E-state index is 0.0237. The van der Waals surface area contributed by atoms with Crippen LogP contribution < -0.4 is 5.32 Å². The molecule has 0 spiro atoms. The molecule has 0 radical (unpaired) electrons. The molecule has 1 N–H and O–H groups in total. The van der Waals surface area contributed by atoms with Crippen molar-refractivity contribution in [2.75, 3.05) is 13.1 Å². The number of benzene rings is 2. The van der Waals surface area contributed by atoms with E-state index >= 15 is 0 Å². The molecule has 1 aromatic heterocycles. The number of nitrogens with one attached hydrogen (secondary N) is 1. The summed E-state index contributed by atoms with van der Waals surface area (Å²) in [6.07, 6.45) is 6.27. The van der Waals surface area contributed by atoms with Gasteiger partial charge in [0.2, 0.25) is 0 Å². The number of carbonyl (C=O) groups is 1. The Bertz CT molecular complexity index is 1060. The fourth-order valence-corrected chi connectivity index (χ4v) is 5.31. The fraction of sp³-hybridized carbons (Fsp3) is 0.308. The standard InChI is InChI=1S/C26H27N3O/c1-2-18-17-29-15-13-20(18)16-24(29)25(28-26(30)19-8-4-3-5-9-19)22-12-14-27-23-11-7-6-10-21(22)23/h2-12,14,18,20,24-25H,1,13,15-17H2,(H,28,30)/t18-,20-,24-,25-/m0/s1. The highest BCUT2D eigenvalue weighted by Crippen LogP contribution is 2.42. The second-order valence-corrected chi connectivity index (χ2v) is 8.48. The molecule has 0 saturated carbocycles. The predicted octanol–water partition coefficient (Wildman–Crippen LogP) is 4.60. The van der Waals surface area contributed by atoms with Gasteiger partial charge >= 0.3 is 0 Å². The van der Waals surface area contributed by atoms with Gasteiger partial charge in [-0.05, 0) is 61.1 Å². The SMILES string of the molecule is C=C[C@H]1CN2CC[C@H]1C[C@H]2[C@@H](NC(=O)c1ccccc1)c1ccnc2ccccc12. The van der Waals surface area contributed by atoms with Crippen LogP contribution in [0.2, 0.25) is 0 Å². The lowest BCUT2D eigenvalue weighted by molar-refractivity contribution is 0.00171. The Balaban J connectivity index is 1.54. The van der Waals surface area contributed by atoms with Gasteiger partial charge in [-0.15, -0.1) is 6.58 Å². The van der Waals surface area contributed by atoms with E-state index in [1.807, 2.05) is 54.7 Å². The number of piperidine rings is 3. The number of rotatable bonds is 5. The van der Waals surface area contributed by atoms with Crippen molar-refractivity contribution in [3.8, 4) is 0 Å². The zero-order valence-corrected chi connectivity index (χ0v) is 17.1. The van der Waals surface area contributed by atoms with Gasteiger partial charge < -0.3 is 5.32 Å². The van der Waals surface area contributed by atoms with E-state index in [1.54, 1.807) is 0 Å². The van der Waals surface area contributed by atoms with Crippen molar-refractivity contribution in [3.63, 3.8) is 0 Å². The molecule has 30 heavy (non-hydrogen) atoms. The predicted molar refractivity (Wildman–Crippen MR) is 120 cm³/mol. The number of hydrogen-bond acceptors (Lipinski definition) is 3. The van der Waals surface area contributed by atoms with Crippen molar-refractivity contribution in [1.82, 2.24) is 15.2 Å². The van der Waals surface area contributed by atoms with Crippen molar-refractivity contribution < 1.29 is 4.79 Å². The third kappa shape index (κ3) is 3.41. The molecule has 1 unspecified atom stereocenters. The molecule has 0 aliphatic carbocycles. The lowest BCUT2D eigenvalue weighted by atomic mass is 9.73. The van der Waals surface area contributed by atoms with E-state index in [0.717, 1.165) is 36.0 Å². The molecule has 4 nitrogen and oxygen atoms in total. The number of hydrogen-bond donors (Lipinski definition) is 1. The van der Waals surface area contributed by atoms with Crippen LogP contribution >= 0.6 is 0 Å². The van der Waals surface area contributed by atoms with Crippen LogP contribution in [0.25, 0.3) is 10.9 Å². The number of nitrogens with zero attached hydrogens (tertiary/aromatic N) is 2. The minimum atomic E-state index is -0.0841. The van der Waals surface area contributed by atoms with Crippen molar-refractivity contribution >= 4 is 16.8 Å². The largest absolute Gasteiger partial charge is 0.344 e. The molecule has 4 heterocycles. The van der Waals surface area contributed by atoms with Gasteiger partial charge in [-0.2, -0.15) is 0 Å². The Morgan fingerprint density at radius 2 is 1.93 bits per heavy atom. The second kappa shape index (κ2) is 8.04. The van der Waals surface area contributed by atoms with E-state index in [0.29, 0.717) is 17.4 Å². The Morgan fingerprint density at radius 3 is 2.70 bits per heavy atom. The summed E-state index contributed by atoms with van der Waals surface area (Å²) >= 11 is 0. The molecule has 6 rings (SSSR count). The van der Waals surface area contributed by atoms with Gasteiger partial charge in [0.25, 0.3) is 5.91 Å². The van der Waals surface area contributed by atoms with Gasteiger partial charge in [-0.25, -0.2) is 0 Å². The van der Waals surface area contributed by atoms with Gasteiger partial charge in [0.05, 0.1) is 11.6 Å². The molecule has 4 heteroatoms. The third-order valence-corrected chi connectivity index (χ3v) is 6.88. The normalized spacial score (nSPS) is 26.3. The van der Waals surface area contributed by atoms with E-state index in [4.69, 9.17) is 0 Å². The summed E-state index contributed by atoms with van der Waals surface area (Å²) in [6.45, 7) is 6.17. The summed E-state index contributed by atoms with van der Waals surface area (Å²) in [6, 6.07) is 20.0. The zero-order valence-electron chi connectivity index (χ0n) is 17.1. The highest BCUT2D eigenvalue weighted by molar-refractivity contribution is 5.95. The average Bonchev–Trinajstić information content (AvgIpc) is 2.83. The van der Waals surface area contributed by atoms with E-state index < -0.39 is 0 Å². The number of amides is 1. The molecular weight excluding hydrogens is 370 g/mol. The van der Waals surface area contributed by atoms with Crippen LogP contribution in [0.1, 0.15) is 34.8 Å². The highest BCUT2D eigenvalue weighted by Gasteiger charge is 2.43. The molecule has 1 amide bonds. The van der Waals surface area contributed by atoms with Gasteiger partial charge in [0, 0.05) is 29.7 Å². The third-order valence-electron chi connectivity index (χ3n) is 6.88. The maximum atomic E-state index is 13.2. The summed E-state index contributed by atoms with van der Waals surface area (Å²) in [5.41, 5.74) is 2.81. The van der Waals surface area contributed by atoms with E-state index in [9.17, 15) is 4.79 Å². The van der Waals surface area contributed by atoms with Crippen molar-refractivity contribution in [2.24, 2.45) is 11.8 Å². The van der Waals surface area contributed by atoms with Gasteiger partial charge in [0.15, 0.2) is 0 Å². The fourth-order valence-electron chi connectivity index (χ4n) is 5.31. The molecule has 3 fully saturated rings. The topological polar surface area (TPSA) is 45.2 Å². The van der Waals surface area contributed by atoms with E-state index in [1.165, 1.54) is 6.42 Å². The van der Waals surface area contributed by atoms with Crippen LogP contribution in [0, 0.1) is 11.8 Å². The molecule has 3 aliphatic rings. The van der Waals surface area contributed by atoms with Crippen LogP contribution in [0.5, 0.6) is 0 Å². The van der Waals surface area contributed by atoms with Crippen molar-refractivity contribution in [3.05, 3.63) is 90.6 Å². The highest BCUT2D eigenvalue weighted by atomic mass is 16.1. The molecule has 5 atom stereocenters.